The van der Waals surface area contributed by atoms with Gasteiger partial charge in [-0.25, -0.2) is 15.0 Å². The first-order chi connectivity index (χ1) is 15.7. The molecule has 1 heterocycles. The van der Waals surface area contributed by atoms with Crippen molar-refractivity contribution in [2.75, 3.05) is 6.61 Å². The molecule has 5 nitrogen and oxygen atoms in total. The smallest absolute Gasteiger partial charge is 0.163 e. The molecule has 0 aliphatic carbocycles. The van der Waals surface area contributed by atoms with Crippen LogP contribution in [0.3, 0.4) is 0 Å². The Hall–Kier alpha value is -3.73. The molecule has 1 unspecified atom stereocenters. The molecule has 0 amide bonds. The number of aromatic nitrogens is 3. The molecule has 0 saturated heterocycles. The van der Waals surface area contributed by atoms with Crippen molar-refractivity contribution < 1.29 is 9.84 Å². The molecule has 0 saturated carbocycles. The average molecular weight is 426 g/mol. The van der Waals surface area contributed by atoms with Gasteiger partial charge in [-0.1, -0.05) is 92.6 Å². The molecule has 1 atom stereocenters. The third-order valence-electron chi connectivity index (χ3n) is 5.29. The Bertz CT molecular complexity index is 1080. The van der Waals surface area contributed by atoms with Gasteiger partial charge >= 0.3 is 0 Å². The van der Waals surface area contributed by atoms with Crippen LogP contribution in [0.25, 0.3) is 22.8 Å². The van der Waals surface area contributed by atoms with Crippen molar-refractivity contribution in [1.82, 2.24) is 15.0 Å². The molecule has 0 aliphatic heterocycles. The van der Waals surface area contributed by atoms with Crippen LogP contribution in [0.2, 0.25) is 0 Å². The standard InChI is InChI=1S/C27H27N3O2/c1-2-3-12-22(19-32-24-18-11-10-17-23(24)31)27-29-25(20-13-6-4-7-14-20)28-26(30-27)21-15-8-5-9-16-21/h4-11,13-18,22,31H,2-3,12,19H2,1H3. The van der Waals surface area contributed by atoms with Crippen LogP contribution in [0.4, 0.5) is 0 Å². The molecule has 0 spiro atoms. The van der Waals surface area contributed by atoms with Gasteiger partial charge in [-0.05, 0) is 18.6 Å². The third-order valence-corrected chi connectivity index (χ3v) is 5.29. The molecule has 32 heavy (non-hydrogen) atoms. The second-order valence-corrected chi connectivity index (χ2v) is 7.69. The SMILES string of the molecule is CCCCC(COc1ccccc1O)c1nc(-c2ccccc2)nc(-c2ccccc2)n1. The number of para-hydroxylation sites is 2. The summed E-state index contributed by atoms with van der Waals surface area (Å²) in [6.07, 6.45) is 2.98. The van der Waals surface area contributed by atoms with Gasteiger partial charge in [-0.2, -0.15) is 0 Å². The minimum absolute atomic E-state index is 0.0255. The minimum atomic E-state index is -0.0255. The van der Waals surface area contributed by atoms with Crippen molar-refractivity contribution in [3.8, 4) is 34.3 Å². The fourth-order valence-corrected chi connectivity index (χ4v) is 3.51. The minimum Gasteiger partial charge on any atom is -0.504 e. The highest BCUT2D eigenvalue weighted by molar-refractivity contribution is 5.60. The first-order valence-electron chi connectivity index (χ1n) is 11.0. The highest BCUT2D eigenvalue weighted by Gasteiger charge is 2.20. The molecule has 162 valence electrons. The quantitative estimate of drug-likeness (QED) is 0.343. The highest BCUT2D eigenvalue weighted by Crippen LogP contribution is 2.29. The molecule has 4 aromatic rings. The number of rotatable bonds is 9. The molecule has 5 heteroatoms. The molecule has 4 rings (SSSR count). The topological polar surface area (TPSA) is 68.1 Å². The van der Waals surface area contributed by atoms with Gasteiger partial charge in [0.1, 0.15) is 5.82 Å². The Morgan fingerprint density at radius 3 is 1.88 bits per heavy atom. The van der Waals surface area contributed by atoms with E-state index < -0.39 is 0 Å². The molecular weight excluding hydrogens is 398 g/mol. The van der Waals surface area contributed by atoms with Crippen LogP contribution in [0.15, 0.2) is 84.9 Å². The van der Waals surface area contributed by atoms with Crippen LogP contribution in [-0.4, -0.2) is 26.7 Å². The Morgan fingerprint density at radius 2 is 1.31 bits per heavy atom. The van der Waals surface area contributed by atoms with Gasteiger partial charge in [0.05, 0.1) is 12.5 Å². The van der Waals surface area contributed by atoms with E-state index in [-0.39, 0.29) is 11.7 Å². The molecule has 1 N–H and O–H groups in total. The zero-order valence-corrected chi connectivity index (χ0v) is 18.2. The van der Waals surface area contributed by atoms with Crippen LogP contribution < -0.4 is 4.74 Å². The predicted octanol–water partition coefficient (Wildman–Crippen LogP) is 6.26. The molecule has 0 radical (unpaired) electrons. The number of phenolic OH excluding ortho intramolecular Hbond substituents is 1. The number of unbranched alkanes of at least 4 members (excludes halogenated alkanes) is 1. The number of aromatic hydroxyl groups is 1. The number of ether oxygens (including phenoxy) is 1. The van der Waals surface area contributed by atoms with E-state index in [0.29, 0.717) is 29.8 Å². The maximum atomic E-state index is 10.1. The summed E-state index contributed by atoms with van der Waals surface area (Å²) < 4.78 is 5.99. The fraction of sp³-hybridized carbons (Fsp3) is 0.222. The molecule has 0 fully saturated rings. The Balaban J connectivity index is 1.72. The monoisotopic (exact) mass is 425 g/mol. The van der Waals surface area contributed by atoms with Crippen molar-refractivity contribution in [1.29, 1.82) is 0 Å². The fourth-order valence-electron chi connectivity index (χ4n) is 3.51. The Kier molecular flexibility index (Phi) is 7.08. The van der Waals surface area contributed by atoms with Crippen LogP contribution in [0.5, 0.6) is 11.5 Å². The van der Waals surface area contributed by atoms with Crippen LogP contribution in [-0.2, 0) is 0 Å². The van der Waals surface area contributed by atoms with Crippen molar-refractivity contribution in [2.45, 2.75) is 32.1 Å². The van der Waals surface area contributed by atoms with Gasteiger partial charge in [0.25, 0.3) is 0 Å². The number of hydrogen-bond donors (Lipinski definition) is 1. The summed E-state index contributed by atoms with van der Waals surface area (Å²) >= 11 is 0. The van der Waals surface area contributed by atoms with Gasteiger partial charge in [-0.3, -0.25) is 0 Å². The normalized spacial score (nSPS) is 11.8. The van der Waals surface area contributed by atoms with E-state index in [1.807, 2.05) is 66.7 Å². The van der Waals surface area contributed by atoms with Crippen molar-refractivity contribution in [3.05, 3.63) is 90.8 Å². The van der Waals surface area contributed by atoms with E-state index >= 15 is 0 Å². The molecule has 0 aliphatic rings. The van der Waals surface area contributed by atoms with Gasteiger partial charge in [0.2, 0.25) is 0 Å². The first-order valence-corrected chi connectivity index (χ1v) is 11.0. The van der Waals surface area contributed by atoms with Gasteiger partial charge in [0, 0.05) is 11.1 Å². The molecule has 1 aromatic heterocycles. The number of phenols is 1. The summed E-state index contributed by atoms with van der Waals surface area (Å²) in [7, 11) is 0. The van der Waals surface area contributed by atoms with E-state index in [1.54, 1.807) is 18.2 Å². The van der Waals surface area contributed by atoms with E-state index in [0.717, 1.165) is 30.4 Å². The number of hydrogen-bond acceptors (Lipinski definition) is 5. The van der Waals surface area contributed by atoms with Crippen LogP contribution >= 0.6 is 0 Å². The van der Waals surface area contributed by atoms with Crippen LogP contribution in [0, 0.1) is 0 Å². The van der Waals surface area contributed by atoms with Gasteiger partial charge < -0.3 is 9.84 Å². The lowest BCUT2D eigenvalue weighted by Crippen LogP contribution is -2.15. The largest absolute Gasteiger partial charge is 0.504 e. The van der Waals surface area contributed by atoms with Crippen molar-refractivity contribution in [3.63, 3.8) is 0 Å². The third kappa shape index (κ3) is 5.30. The number of benzene rings is 3. The predicted molar refractivity (Wildman–Crippen MR) is 127 cm³/mol. The zero-order chi connectivity index (χ0) is 22.2. The molecule has 3 aromatic carbocycles. The lowest BCUT2D eigenvalue weighted by molar-refractivity contribution is 0.262. The maximum absolute atomic E-state index is 10.1. The summed E-state index contributed by atoms with van der Waals surface area (Å²) in [4.78, 5) is 14.5. The van der Waals surface area contributed by atoms with Crippen molar-refractivity contribution >= 4 is 0 Å². The summed E-state index contributed by atoms with van der Waals surface area (Å²) in [5.74, 6) is 2.59. The lowest BCUT2D eigenvalue weighted by atomic mass is 10.0. The van der Waals surface area contributed by atoms with Gasteiger partial charge in [-0.15, -0.1) is 0 Å². The van der Waals surface area contributed by atoms with E-state index in [1.165, 1.54) is 0 Å². The second kappa shape index (κ2) is 10.5. The second-order valence-electron chi connectivity index (χ2n) is 7.69. The lowest BCUT2D eigenvalue weighted by Gasteiger charge is -2.18. The molecule has 0 bridgehead atoms. The Labute approximate surface area is 188 Å². The summed E-state index contributed by atoms with van der Waals surface area (Å²) in [6.45, 7) is 2.54. The highest BCUT2D eigenvalue weighted by atomic mass is 16.5. The van der Waals surface area contributed by atoms with E-state index in [9.17, 15) is 5.11 Å². The van der Waals surface area contributed by atoms with Crippen molar-refractivity contribution in [2.24, 2.45) is 0 Å². The molecular formula is C27H27N3O2. The van der Waals surface area contributed by atoms with Crippen LogP contribution in [0.1, 0.15) is 37.9 Å². The first kappa shape index (κ1) is 21.5. The van der Waals surface area contributed by atoms with E-state index in [2.05, 4.69) is 6.92 Å². The van der Waals surface area contributed by atoms with E-state index in [4.69, 9.17) is 19.7 Å². The summed E-state index contributed by atoms with van der Waals surface area (Å²) in [5, 5.41) is 10.1. The maximum Gasteiger partial charge on any atom is 0.163 e. The summed E-state index contributed by atoms with van der Waals surface area (Å²) in [6, 6.07) is 26.9. The van der Waals surface area contributed by atoms with Gasteiger partial charge in [0.15, 0.2) is 23.1 Å². The summed E-state index contributed by atoms with van der Waals surface area (Å²) in [5.41, 5.74) is 1.90. The Morgan fingerprint density at radius 1 is 0.750 bits per heavy atom. The number of nitrogens with zero attached hydrogens (tertiary/aromatic N) is 3. The average Bonchev–Trinajstić information content (AvgIpc) is 2.86. The zero-order valence-electron chi connectivity index (χ0n) is 18.2.